The number of nitrogens with zero attached hydrogens (tertiary/aromatic N) is 1. The molecule has 1 aromatic carbocycles. The Morgan fingerprint density at radius 1 is 1.11 bits per heavy atom. The summed E-state index contributed by atoms with van der Waals surface area (Å²) in [7, 11) is 6.52. The second-order valence-corrected chi connectivity index (χ2v) is 7.27. The molecule has 0 unspecified atom stereocenters. The van der Waals surface area contributed by atoms with Crippen molar-refractivity contribution in [1.29, 1.82) is 0 Å². The highest BCUT2D eigenvalue weighted by Crippen LogP contribution is 2.39. The van der Waals surface area contributed by atoms with Crippen molar-refractivity contribution < 1.29 is 14.2 Å². The van der Waals surface area contributed by atoms with E-state index in [-0.39, 0.29) is 29.4 Å². The quantitative estimate of drug-likeness (QED) is 0.333. The van der Waals surface area contributed by atoms with Crippen molar-refractivity contribution in [2.45, 2.75) is 19.3 Å². The Balaban J connectivity index is 0.00000364. The molecule has 2 aromatic rings. The van der Waals surface area contributed by atoms with Crippen molar-refractivity contribution in [2.75, 3.05) is 40.2 Å². The average molecular weight is 505 g/mol. The zero-order chi connectivity index (χ0) is 19.2. The topological polar surface area (TPSA) is 64.1 Å². The monoisotopic (exact) mass is 505 g/mol. The number of guanidine groups is 1. The highest BCUT2D eigenvalue weighted by atomic mass is 127. The lowest BCUT2D eigenvalue weighted by molar-refractivity contribution is 0.324. The number of benzene rings is 1. The molecule has 0 aliphatic carbocycles. The highest BCUT2D eigenvalue weighted by molar-refractivity contribution is 14.0. The summed E-state index contributed by atoms with van der Waals surface area (Å²) in [5.41, 5.74) is 0.794. The molecule has 0 saturated carbocycles. The molecule has 27 heavy (non-hydrogen) atoms. The van der Waals surface area contributed by atoms with Crippen LogP contribution in [-0.4, -0.2) is 40.9 Å². The van der Waals surface area contributed by atoms with E-state index >= 15 is 0 Å². The van der Waals surface area contributed by atoms with Crippen LogP contribution >= 0.6 is 35.3 Å². The number of hydrogen-bond acceptors (Lipinski definition) is 5. The van der Waals surface area contributed by atoms with Crippen molar-refractivity contribution in [3.63, 3.8) is 0 Å². The number of nitrogens with one attached hydrogen (secondary N) is 2. The van der Waals surface area contributed by atoms with Gasteiger partial charge in [0.25, 0.3) is 0 Å². The van der Waals surface area contributed by atoms with Gasteiger partial charge in [-0.15, -0.1) is 35.3 Å². The first kappa shape index (κ1) is 23.4. The number of halogens is 1. The Kier molecular flexibility index (Phi) is 9.17. The molecule has 150 valence electrons. The fraction of sp³-hybridized carbons (Fsp3) is 0.421. The zero-order valence-electron chi connectivity index (χ0n) is 16.6. The lowest BCUT2D eigenvalue weighted by atomic mass is 9.91. The van der Waals surface area contributed by atoms with Gasteiger partial charge in [0.05, 0.1) is 21.3 Å². The summed E-state index contributed by atoms with van der Waals surface area (Å²) in [5, 5.41) is 8.75. The van der Waals surface area contributed by atoms with E-state index in [1.165, 1.54) is 4.88 Å². The van der Waals surface area contributed by atoms with Gasteiger partial charge in [-0.3, -0.25) is 4.99 Å². The maximum absolute atomic E-state index is 5.39. The molecule has 0 atom stereocenters. The van der Waals surface area contributed by atoms with E-state index in [0.29, 0.717) is 23.2 Å². The largest absolute Gasteiger partial charge is 0.493 e. The minimum absolute atomic E-state index is 0. The maximum Gasteiger partial charge on any atom is 0.203 e. The molecule has 8 heteroatoms. The van der Waals surface area contributed by atoms with E-state index in [4.69, 9.17) is 14.2 Å². The SMILES string of the molecule is CN=C(NCC(C)(C)c1cccs1)Nc1cc(OC)c(OC)c(OC)c1.I. The van der Waals surface area contributed by atoms with Gasteiger partial charge in [-0.1, -0.05) is 19.9 Å². The molecule has 0 saturated heterocycles. The predicted octanol–water partition coefficient (Wildman–Crippen LogP) is 4.36. The van der Waals surface area contributed by atoms with Gasteiger partial charge in [-0.05, 0) is 11.4 Å². The molecule has 0 radical (unpaired) electrons. The van der Waals surface area contributed by atoms with E-state index in [0.717, 1.165) is 12.2 Å². The minimum atomic E-state index is 0. The molecule has 1 heterocycles. The van der Waals surface area contributed by atoms with E-state index < -0.39 is 0 Å². The Morgan fingerprint density at radius 2 is 1.74 bits per heavy atom. The molecule has 0 amide bonds. The molecule has 0 bridgehead atoms. The Morgan fingerprint density at radius 3 is 2.19 bits per heavy atom. The van der Waals surface area contributed by atoms with Crippen LogP contribution in [0.15, 0.2) is 34.6 Å². The summed E-state index contributed by atoms with van der Waals surface area (Å²) in [6.07, 6.45) is 0. The fourth-order valence-electron chi connectivity index (χ4n) is 2.52. The second kappa shape index (κ2) is 10.6. The first-order valence-corrected chi connectivity index (χ1v) is 9.14. The van der Waals surface area contributed by atoms with Gasteiger partial charge in [0.15, 0.2) is 17.5 Å². The molecule has 0 fully saturated rings. The van der Waals surface area contributed by atoms with Gasteiger partial charge in [0, 0.05) is 41.7 Å². The molecule has 2 rings (SSSR count). The first-order chi connectivity index (χ1) is 12.4. The molecule has 0 spiro atoms. The van der Waals surface area contributed by atoms with E-state index in [2.05, 4.69) is 47.0 Å². The van der Waals surface area contributed by atoms with Crippen LogP contribution in [0.2, 0.25) is 0 Å². The Hall–Kier alpha value is -1.68. The third kappa shape index (κ3) is 5.90. The normalized spacial score (nSPS) is 11.4. The molecule has 1 aromatic heterocycles. The van der Waals surface area contributed by atoms with Gasteiger partial charge in [0.2, 0.25) is 5.75 Å². The second-order valence-electron chi connectivity index (χ2n) is 6.33. The summed E-state index contributed by atoms with van der Waals surface area (Å²) < 4.78 is 16.1. The molecular weight excluding hydrogens is 477 g/mol. The van der Waals surface area contributed by atoms with Gasteiger partial charge in [-0.2, -0.15) is 0 Å². The zero-order valence-corrected chi connectivity index (χ0v) is 19.7. The summed E-state index contributed by atoms with van der Waals surface area (Å²) in [6.45, 7) is 5.16. The summed E-state index contributed by atoms with van der Waals surface area (Å²) in [5.74, 6) is 2.40. The number of ether oxygens (including phenoxy) is 3. The van der Waals surface area contributed by atoms with Crippen LogP contribution in [0.3, 0.4) is 0 Å². The van der Waals surface area contributed by atoms with Crippen LogP contribution in [0.5, 0.6) is 17.2 Å². The maximum atomic E-state index is 5.39. The molecule has 0 aliphatic rings. The van der Waals surface area contributed by atoms with Gasteiger partial charge < -0.3 is 24.8 Å². The number of rotatable bonds is 7. The van der Waals surface area contributed by atoms with E-state index in [1.807, 2.05) is 12.1 Å². The first-order valence-electron chi connectivity index (χ1n) is 8.26. The highest BCUT2D eigenvalue weighted by Gasteiger charge is 2.22. The van der Waals surface area contributed by atoms with Crippen LogP contribution in [0.1, 0.15) is 18.7 Å². The Bertz CT molecular complexity index is 724. The summed E-state index contributed by atoms with van der Waals surface area (Å²) in [4.78, 5) is 5.63. The number of methoxy groups -OCH3 is 3. The summed E-state index contributed by atoms with van der Waals surface area (Å²) >= 11 is 1.76. The van der Waals surface area contributed by atoms with Gasteiger partial charge in [0.1, 0.15) is 0 Å². The minimum Gasteiger partial charge on any atom is -0.493 e. The predicted molar refractivity (Wildman–Crippen MR) is 124 cm³/mol. The lowest BCUT2D eigenvalue weighted by Crippen LogP contribution is -2.39. The summed E-state index contributed by atoms with van der Waals surface area (Å²) in [6, 6.07) is 7.92. The van der Waals surface area contributed by atoms with Crippen LogP contribution in [0.4, 0.5) is 5.69 Å². The Labute approximate surface area is 182 Å². The van der Waals surface area contributed by atoms with E-state index in [9.17, 15) is 0 Å². The molecule has 2 N–H and O–H groups in total. The van der Waals surface area contributed by atoms with Crippen molar-refractivity contribution in [2.24, 2.45) is 4.99 Å². The number of hydrogen-bond donors (Lipinski definition) is 2. The van der Waals surface area contributed by atoms with Crippen LogP contribution in [0, 0.1) is 0 Å². The van der Waals surface area contributed by atoms with Gasteiger partial charge in [-0.25, -0.2) is 0 Å². The third-order valence-corrected chi connectivity index (χ3v) is 5.27. The number of aliphatic imine (C=N–C) groups is 1. The number of thiophene rings is 1. The fourth-order valence-corrected chi connectivity index (χ4v) is 3.38. The van der Waals surface area contributed by atoms with Crippen LogP contribution < -0.4 is 24.8 Å². The molecule has 6 nitrogen and oxygen atoms in total. The van der Waals surface area contributed by atoms with E-state index in [1.54, 1.807) is 39.7 Å². The van der Waals surface area contributed by atoms with Crippen molar-refractivity contribution >= 4 is 47.0 Å². The van der Waals surface area contributed by atoms with Crippen LogP contribution in [0.25, 0.3) is 0 Å². The number of anilines is 1. The molecular formula is C19H28IN3O3S. The average Bonchev–Trinajstić information content (AvgIpc) is 3.19. The van der Waals surface area contributed by atoms with Crippen molar-refractivity contribution in [3.05, 3.63) is 34.5 Å². The van der Waals surface area contributed by atoms with Crippen LogP contribution in [-0.2, 0) is 5.41 Å². The third-order valence-electron chi connectivity index (χ3n) is 4.04. The standard InChI is InChI=1S/C19H27N3O3S.HI/c1-19(2,16-8-7-9-26-16)12-21-18(20-3)22-13-10-14(23-4)17(25-6)15(11-13)24-5;/h7-11H,12H2,1-6H3,(H2,20,21,22);1H. The molecule has 0 aliphatic heterocycles. The van der Waals surface area contributed by atoms with Crippen molar-refractivity contribution in [3.8, 4) is 17.2 Å². The van der Waals surface area contributed by atoms with Crippen molar-refractivity contribution in [1.82, 2.24) is 5.32 Å². The smallest absolute Gasteiger partial charge is 0.203 e. The van der Waals surface area contributed by atoms with Gasteiger partial charge >= 0.3 is 0 Å². The lowest BCUT2D eigenvalue weighted by Gasteiger charge is -2.25.